The Hall–Kier alpha value is -3.15. The van der Waals surface area contributed by atoms with E-state index < -0.39 is 11.9 Å². The second kappa shape index (κ2) is 9.36. The summed E-state index contributed by atoms with van der Waals surface area (Å²) in [6.07, 6.45) is 0.555. The highest BCUT2D eigenvalue weighted by molar-refractivity contribution is 5.94. The van der Waals surface area contributed by atoms with E-state index in [-0.39, 0.29) is 25.5 Å². The molecule has 0 aliphatic rings. The lowest BCUT2D eigenvalue weighted by atomic mass is 10.1. The molecule has 6 heteroatoms. The zero-order valence-electron chi connectivity index (χ0n) is 14.6. The predicted molar refractivity (Wildman–Crippen MR) is 96.3 cm³/mol. The van der Waals surface area contributed by atoms with Crippen LogP contribution in [0.4, 0.5) is 0 Å². The van der Waals surface area contributed by atoms with Crippen molar-refractivity contribution in [1.29, 1.82) is 0 Å². The number of nitrogens with zero attached hydrogens (tertiary/aromatic N) is 1. The molecule has 26 heavy (non-hydrogen) atoms. The Labute approximate surface area is 152 Å². The highest BCUT2D eigenvalue weighted by atomic mass is 16.5. The highest BCUT2D eigenvalue weighted by Gasteiger charge is 2.17. The van der Waals surface area contributed by atoms with Crippen molar-refractivity contribution in [3.8, 4) is 5.75 Å². The fourth-order valence-electron chi connectivity index (χ4n) is 2.41. The molecule has 0 unspecified atom stereocenters. The number of rotatable bonds is 9. The average Bonchev–Trinajstić information content (AvgIpc) is 2.64. The molecule has 0 aliphatic carbocycles. The number of aliphatic carboxylic acids is 1. The molecule has 1 amide bonds. The Morgan fingerprint density at radius 2 is 1.77 bits per heavy atom. The van der Waals surface area contributed by atoms with E-state index in [1.165, 1.54) is 11.8 Å². The summed E-state index contributed by atoms with van der Waals surface area (Å²) in [5.74, 6) is -1.21. The maximum atomic E-state index is 12.4. The Morgan fingerprint density at radius 3 is 2.42 bits per heavy atom. The van der Waals surface area contributed by atoms with Crippen LogP contribution in [-0.4, -0.2) is 47.4 Å². The molecule has 0 spiro atoms. The molecule has 2 aromatic rings. The zero-order chi connectivity index (χ0) is 18.9. The summed E-state index contributed by atoms with van der Waals surface area (Å²) in [6, 6.07) is 16.1. The summed E-state index contributed by atoms with van der Waals surface area (Å²) in [5.41, 5.74) is 1.51. The Kier molecular flexibility index (Phi) is 6.91. The maximum Gasteiger partial charge on any atom is 0.323 e. The third-order valence-corrected chi connectivity index (χ3v) is 3.79. The quantitative estimate of drug-likeness (QED) is 0.699. The van der Waals surface area contributed by atoms with Gasteiger partial charge in [-0.2, -0.15) is 0 Å². The molecular formula is C20H21NO5. The number of ketones is 1. The van der Waals surface area contributed by atoms with Crippen molar-refractivity contribution in [1.82, 2.24) is 4.90 Å². The summed E-state index contributed by atoms with van der Waals surface area (Å²) in [5, 5.41) is 9.04. The number of hydrogen-bond acceptors (Lipinski definition) is 4. The minimum absolute atomic E-state index is 0.0999. The lowest BCUT2D eigenvalue weighted by molar-refractivity contribution is -0.145. The summed E-state index contributed by atoms with van der Waals surface area (Å²) < 4.78 is 5.44. The highest BCUT2D eigenvalue weighted by Crippen LogP contribution is 2.14. The van der Waals surface area contributed by atoms with Gasteiger partial charge in [0.05, 0.1) is 0 Å². The number of carbonyl (C=O) groups excluding carboxylic acids is 2. The van der Waals surface area contributed by atoms with E-state index in [0.29, 0.717) is 17.7 Å². The first-order chi connectivity index (χ1) is 12.5. The number of Topliss-reactive ketones (excluding diaryl/α,β-unsaturated/α-hetero) is 1. The summed E-state index contributed by atoms with van der Waals surface area (Å²) >= 11 is 0. The number of carbonyl (C=O) groups is 3. The number of hydrogen-bond donors (Lipinski definition) is 1. The normalized spacial score (nSPS) is 10.2. The van der Waals surface area contributed by atoms with Gasteiger partial charge >= 0.3 is 5.97 Å². The molecule has 0 fully saturated rings. The SMILES string of the molecule is CC(=O)c1cccc(OCC(=O)N(CCc2ccccc2)CC(=O)O)c1. The van der Waals surface area contributed by atoms with Crippen molar-refractivity contribution in [2.24, 2.45) is 0 Å². The molecule has 0 saturated heterocycles. The predicted octanol–water partition coefficient (Wildman–Crippen LogP) is 2.42. The van der Waals surface area contributed by atoms with Crippen LogP contribution in [0, 0.1) is 0 Å². The van der Waals surface area contributed by atoms with Gasteiger partial charge in [0.15, 0.2) is 12.4 Å². The van der Waals surface area contributed by atoms with Crippen molar-refractivity contribution in [3.63, 3.8) is 0 Å². The lowest BCUT2D eigenvalue weighted by Gasteiger charge is -2.21. The van der Waals surface area contributed by atoms with Gasteiger partial charge in [0.2, 0.25) is 0 Å². The molecule has 0 bridgehead atoms. The molecular weight excluding hydrogens is 334 g/mol. The Bertz CT molecular complexity index is 773. The molecule has 0 saturated carbocycles. The van der Waals surface area contributed by atoms with E-state index in [1.807, 2.05) is 30.3 Å². The maximum absolute atomic E-state index is 12.4. The number of amides is 1. The molecule has 0 heterocycles. The first-order valence-electron chi connectivity index (χ1n) is 8.23. The monoisotopic (exact) mass is 355 g/mol. The van der Waals surface area contributed by atoms with Crippen LogP contribution in [-0.2, 0) is 16.0 Å². The molecule has 136 valence electrons. The van der Waals surface area contributed by atoms with Crippen molar-refractivity contribution in [2.75, 3.05) is 19.7 Å². The molecule has 0 aromatic heterocycles. The van der Waals surface area contributed by atoms with Crippen molar-refractivity contribution in [3.05, 3.63) is 65.7 Å². The fourth-order valence-corrected chi connectivity index (χ4v) is 2.41. The van der Waals surface area contributed by atoms with Crippen LogP contribution in [0.3, 0.4) is 0 Å². The van der Waals surface area contributed by atoms with Gasteiger partial charge in [-0.1, -0.05) is 42.5 Å². The van der Waals surface area contributed by atoms with Crippen LogP contribution in [0.2, 0.25) is 0 Å². The van der Waals surface area contributed by atoms with Gasteiger partial charge in [-0.25, -0.2) is 0 Å². The molecule has 1 N–H and O–H groups in total. The molecule has 0 radical (unpaired) electrons. The van der Waals surface area contributed by atoms with Crippen LogP contribution in [0.15, 0.2) is 54.6 Å². The molecule has 6 nitrogen and oxygen atoms in total. The van der Waals surface area contributed by atoms with Gasteiger partial charge in [0.25, 0.3) is 5.91 Å². The lowest BCUT2D eigenvalue weighted by Crippen LogP contribution is -2.40. The third kappa shape index (κ3) is 6.05. The van der Waals surface area contributed by atoms with Crippen LogP contribution >= 0.6 is 0 Å². The van der Waals surface area contributed by atoms with Crippen LogP contribution in [0.25, 0.3) is 0 Å². The van der Waals surface area contributed by atoms with Crippen LogP contribution in [0.5, 0.6) is 5.75 Å². The molecule has 0 aliphatic heterocycles. The van der Waals surface area contributed by atoms with Gasteiger partial charge in [-0.15, -0.1) is 0 Å². The van der Waals surface area contributed by atoms with E-state index in [0.717, 1.165) is 5.56 Å². The van der Waals surface area contributed by atoms with E-state index in [1.54, 1.807) is 24.3 Å². The van der Waals surface area contributed by atoms with Gasteiger partial charge in [0, 0.05) is 12.1 Å². The standard InChI is InChI=1S/C20H21NO5/c1-15(22)17-8-5-9-18(12-17)26-14-19(23)21(13-20(24)25)11-10-16-6-3-2-4-7-16/h2-9,12H,10-11,13-14H2,1H3,(H,24,25). The first-order valence-corrected chi connectivity index (χ1v) is 8.23. The van der Waals surface area contributed by atoms with E-state index >= 15 is 0 Å². The van der Waals surface area contributed by atoms with Crippen molar-refractivity contribution < 1.29 is 24.2 Å². The topological polar surface area (TPSA) is 83.9 Å². The first kappa shape index (κ1) is 19.2. The van der Waals surface area contributed by atoms with Crippen LogP contribution < -0.4 is 4.74 Å². The summed E-state index contributed by atoms with van der Waals surface area (Å²) in [7, 11) is 0. The van der Waals surface area contributed by atoms with Crippen LogP contribution in [0.1, 0.15) is 22.8 Å². The minimum atomic E-state index is -1.08. The minimum Gasteiger partial charge on any atom is -0.484 e. The zero-order valence-corrected chi connectivity index (χ0v) is 14.6. The number of ether oxygens (including phenoxy) is 1. The summed E-state index contributed by atoms with van der Waals surface area (Å²) in [4.78, 5) is 36.1. The summed E-state index contributed by atoms with van der Waals surface area (Å²) in [6.45, 7) is 1.06. The second-order valence-electron chi connectivity index (χ2n) is 5.82. The Balaban J connectivity index is 1.96. The number of benzene rings is 2. The molecule has 2 aromatic carbocycles. The number of carboxylic acid groups (broad SMARTS) is 1. The molecule has 0 atom stereocenters. The van der Waals surface area contributed by atoms with E-state index in [4.69, 9.17) is 9.84 Å². The van der Waals surface area contributed by atoms with Gasteiger partial charge < -0.3 is 14.7 Å². The third-order valence-electron chi connectivity index (χ3n) is 3.79. The van der Waals surface area contributed by atoms with Gasteiger partial charge in [0.1, 0.15) is 12.3 Å². The van der Waals surface area contributed by atoms with E-state index in [9.17, 15) is 14.4 Å². The fraction of sp³-hybridized carbons (Fsp3) is 0.250. The van der Waals surface area contributed by atoms with Crippen molar-refractivity contribution in [2.45, 2.75) is 13.3 Å². The molecule has 2 rings (SSSR count). The Morgan fingerprint density at radius 1 is 1.04 bits per heavy atom. The smallest absolute Gasteiger partial charge is 0.323 e. The number of carboxylic acids is 1. The second-order valence-corrected chi connectivity index (χ2v) is 5.82. The largest absolute Gasteiger partial charge is 0.484 e. The van der Waals surface area contributed by atoms with Crippen molar-refractivity contribution >= 4 is 17.7 Å². The average molecular weight is 355 g/mol. The van der Waals surface area contributed by atoms with E-state index in [2.05, 4.69) is 0 Å². The van der Waals surface area contributed by atoms with Gasteiger partial charge in [-0.05, 0) is 31.0 Å². The van der Waals surface area contributed by atoms with Gasteiger partial charge in [-0.3, -0.25) is 14.4 Å².